The van der Waals surface area contributed by atoms with E-state index in [-0.39, 0.29) is 23.2 Å². The first-order valence-electron chi connectivity index (χ1n) is 9.14. The number of carbonyl (C=O) groups is 1. The number of nitrogens with two attached hydrogens (primary N) is 2. The van der Waals surface area contributed by atoms with Crippen molar-refractivity contribution in [2.24, 2.45) is 15.7 Å². The number of rotatable bonds is 5. The molecule has 3 aromatic rings. The van der Waals surface area contributed by atoms with Gasteiger partial charge < -0.3 is 22.2 Å². The Labute approximate surface area is 184 Å². The summed E-state index contributed by atoms with van der Waals surface area (Å²) in [6.45, 7) is 1.60. The topological polar surface area (TPSA) is 184 Å². The van der Waals surface area contributed by atoms with Gasteiger partial charge in [-0.15, -0.1) is 5.10 Å². The maximum atomic E-state index is 12.6. The number of aliphatic imine (C=N–C) groups is 2. The van der Waals surface area contributed by atoms with Gasteiger partial charge in [0.1, 0.15) is 17.3 Å². The Morgan fingerprint density at radius 1 is 1.24 bits per heavy atom. The molecule has 0 unspecified atom stereocenters. The summed E-state index contributed by atoms with van der Waals surface area (Å²) in [5.41, 5.74) is 13.4. The zero-order valence-corrected chi connectivity index (χ0v) is 17.0. The maximum Gasteiger partial charge on any atom is 0.451 e. The molecule has 0 aliphatic carbocycles. The van der Waals surface area contributed by atoms with Crippen LogP contribution in [0.5, 0.6) is 0 Å². The van der Waals surface area contributed by atoms with Crippen LogP contribution in [0, 0.1) is 5.41 Å². The van der Waals surface area contributed by atoms with Crippen LogP contribution in [0.15, 0.2) is 46.4 Å². The fraction of sp³-hybridized carbons (Fsp3) is 0.105. The van der Waals surface area contributed by atoms with Crippen molar-refractivity contribution in [1.29, 1.82) is 5.41 Å². The van der Waals surface area contributed by atoms with Gasteiger partial charge in [-0.2, -0.15) is 18.2 Å². The highest BCUT2D eigenvalue weighted by molar-refractivity contribution is 6.05. The summed E-state index contributed by atoms with van der Waals surface area (Å²) >= 11 is 0. The van der Waals surface area contributed by atoms with Gasteiger partial charge in [0.15, 0.2) is 5.84 Å². The molecule has 170 valence electrons. The van der Waals surface area contributed by atoms with E-state index >= 15 is 0 Å². The largest absolute Gasteiger partial charge is 0.451 e. The molecule has 7 N–H and O–H groups in total. The highest BCUT2D eigenvalue weighted by atomic mass is 19.4. The van der Waals surface area contributed by atoms with Crippen LogP contribution in [0.1, 0.15) is 34.6 Å². The van der Waals surface area contributed by atoms with Gasteiger partial charge in [0.25, 0.3) is 5.91 Å². The second-order valence-corrected chi connectivity index (χ2v) is 6.48. The first-order valence-corrected chi connectivity index (χ1v) is 9.14. The van der Waals surface area contributed by atoms with Crippen molar-refractivity contribution in [2.75, 3.05) is 11.1 Å². The number of benzene rings is 1. The fourth-order valence-corrected chi connectivity index (χ4v) is 2.51. The summed E-state index contributed by atoms with van der Waals surface area (Å²) in [7, 11) is 0. The van der Waals surface area contributed by atoms with Gasteiger partial charge >= 0.3 is 6.18 Å². The second kappa shape index (κ2) is 9.25. The van der Waals surface area contributed by atoms with Crippen LogP contribution in [-0.2, 0) is 6.18 Å². The average molecular weight is 458 g/mol. The third-order valence-corrected chi connectivity index (χ3v) is 4.01. The van der Waals surface area contributed by atoms with Crippen molar-refractivity contribution in [3.63, 3.8) is 0 Å². The number of pyridine rings is 1. The zero-order valence-electron chi connectivity index (χ0n) is 17.0. The molecule has 2 heterocycles. The Hall–Kier alpha value is -4.62. The Balaban J connectivity index is 1.76. The number of carbonyl (C=O) groups excluding carboxylic acids is 1. The number of amidine groups is 2. The van der Waals surface area contributed by atoms with E-state index < -0.39 is 23.7 Å². The summed E-state index contributed by atoms with van der Waals surface area (Å²) in [6, 6.07) is 9.31. The molecule has 1 amide bonds. The summed E-state index contributed by atoms with van der Waals surface area (Å²) in [5, 5.41) is 14.5. The molecule has 0 spiro atoms. The van der Waals surface area contributed by atoms with E-state index in [0.717, 1.165) is 6.21 Å². The quantitative estimate of drug-likeness (QED) is 0.222. The molecule has 0 aliphatic heterocycles. The molecule has 0 bridgehead atoms. The molecule has 0 saturated heterocycles. The fourth-order valence-electron chi connectivity index (χ4n) is 2.51. The van der Waals surface area contributed by atoms with Crippen LogP contribution >= 0.6 is 0 Å². The number of hydrogen-bond donors (Lipinski definition) is 5. The second-order valence-electron chi connectivity index (χ2n) is 6.48. The number of amides is 1. The SMILES string of the molecule is CC(=Nc1ccc(N)c(C=N)c1)N=C(N)c1cccc(NC(=O)c2n[nH]c(C(F)(F)F)n2)n1. The molecular weight excluding hydrogens is 441 g/mol. The summed E-state index contributed by atoms with van der Waals surface area (Å²) < 4.78 is 37.8. The van der Waals surface area contributed by atoms with Gasteiger partial charge in [-0.05, 0) is 37.3 Å². The van der Waals surface area contributed by atoms with E-state index in [1.54, 1.807) is 30.2 Å². The summed E-state index contributed by atoms with van der Waals surface area (Å²) in [4.78, 5) is 27.8. The molecular formula is C19H17F3N10O. The number of nitrogen functional groups attached to an aromatic ring is 1. The Bertz CT molecular complexity index is 1260. The predicted octanol–water partition coefficient (Wildman–Crippen LogP) is 2.51. The van der Waals surface area contributed by atoms with Crippen LogP contribution in [0.2, 0.25) is 0 Å². The summed E-state index contributed by atoms with van der Waals surface area (Å²) in [5.74, 6) is -2.83. The van der Waals surface area contributed by atoms with Gasteiger partial charge in [-0.1, -0.05) is 6.07 Å². The van der Waals surface area contributed by atoms with E-state index in [0.29, 0.717) is 16.9 Å². The van der Waals surface area contributed by atoms with Gasteiger partial charge in [0.05, 0.1) is 5.69 Å². The third-order valence-electron chi connectivity index (χ3n) is 4.01. The number of nitrogens with one attached hydrogen (secondary N) is 3. The van der Waals surface area contributed by atoms with E-state index in [4.69, 9.17) is 16.9 Å². The normalized spacial score (nSPS) is 12.5. The predicted molar refractivity (Wildman–Crippen MR) is 116 cm³/mol. The van der Waals surface area contributed by atoms with Crippen molar-refractivity contribution in [3.8, 4) is 0 Å². The maximum absolute atomic E-state index is 12.6. The van der Waals surface area contributed by atoms with Crippen molar-refractivity contribution < 1.29 is 18.0 Å². The number of anilines is 2. The minimum atomic E-state index is -4.76. The number of H-pyrrole nitrogens is 1. The van der Waals surface area contributed by atoms with E-state index in [2.05, 4.69) is 30.4 Å². The molecule has 2 aromatic heterocycles. The lowest BCUT2D eigenvalue weighted by Crippen LogP contribution is -2.19. The number of aromatic nitrogens is 4. The van der Waals surface area contributed by atoms with Crippen molar-refractivity contribution in [3.05, 3.63) is 59.3 Å². The first-order chi connectivity index (χ1) is 15.6. The van der Waals surface area contributed by atoms with Gasteiger partial charge in [-0.25, -0.2) is 15.0 Å². The number of aromatic amines is 1. The standard InChI is InChI=1S/C19H17F3N10O/c1-9(26-11-5-6-12(24)10(7-11)8-23)27-15(25)13-3-2-4-14(28-13)29-17(33)16-30-18(32-31-16)19(20,21)22/h2-8,23H,24H2,1H3,(H2,25,26,27)(H,28,29,33)(H,30,31,32). The molecule has 0 saturated carbocycles. The number of hydrogen-bond acceptors (Lipinski definition) is 7. The number of nitrogens with zero attached hydrogens (tertiary/aromatic N) is 5. The highest BCUT2D eigenvalue weighted by Gasteiger charge is 2.36. The third kappa shape index (κ3) is 5.75. The molecule has 11 nitrogen and oxygen atoms in total. The first kappa shape index (κ1) is 23.1. The van der Waals surface area contributed by atoms with Gasteiger partial charge in [-0.3, -0.25) is 9.89 Å². The monoisotopic (exact) mass is 458 g/mol. The summed E-state index contributed by atoms with van der Waals surface area (Å²) in [6.07, 6.45) is -3.66. The van der Waals surface area contributed by atoms with Crippen LogP contribution in [-0.4, -0.2) is 44.0 Å². The molecule has 0 fully saturated rings. The molecule has 3 rings (SSSR count). The van der Waals surface area contributed by atoms with Crippen molar-refractivity contribution >= 4 is 41.0 Å². The van der Waals surface area contributed by atoms with E-state index in [1.165, 1.54) is 18.2 Å². The number of halogens is 3. The molecule has 0 radical (unpaired) electrons. The Morgan fingerprint density at radius 2 is 2.00 bits per heavy atom. The molecule has 0 aliphatic rings. The molecule has 1 aromatic carbocycles. The minimum Gasteiger partial charge on any atom is -0.398 e. The molecule has 0 atom stereocenters. The van der Waals surface area contributed by atoms with Gasteiger partial charge in [0.2, 0.25) is 11.6 Å². The Kier molecular flexibility index (Phi) is 6.46. The lowest BCUT2D eigenvalue weighted by Gasteiger charge is -2.05. The van der Waals surface area contributed by atoms with Crippen molar-refractivity contribution in [1.82, 2.24) is 20.2 Å². The van der Waals surface area contributed by atoms with Crippen LogP contribution < -0.4 is 16.8 Å². The lowest BCUT2D eigenvalue weighted by atomic mass is 10.2. The van der Waals surface area contributed by atoms with E-state index in [9.17, 15) is 18.0 Å². The average Bonchev–Trinajstić information content (AvgIpc) is 3.26. The van der Waals surface area contributed by atoms with E-state index in [1.807, 2.05) is 0 Å². The smallest absolute Gasteiger partial charge is 0.398 e. The molecule has 14 heteroatoms. The zero-order chi connectivity index (χ0) is 24.2. The van der Waals surface area contributed by atoms with Crippen LogP contribution in [0.3, 0.4) is 0 Å². The minimum absolute atomic E-state index is 0.00207. The van der Waals surface area contributed by atoms with Gasteiger partial charge in [0, 0.05) is 17.5 Å². The van der Waals surface area contributed by atoms with Crippen LogP contribution in [0.25, 0.3) is 0 Å². The Morgan fingerprint density at radius 3 is 2.67 bits per heavy atom. The van der Waals surface area contributed by atoms with Crippen LogP contribution in [0.4, 0.5) is 30.4 Å². The van der Waals surface area contributed by atoms with Crippen molar-refractivity contribution in [2.45, 2.75) is 13.1 Å². The lowest BCUT2D eigenvalue weighted by molar-refractivity contribution is -0.144. The molecule has 33 heavy (non-hydrogen) atoms. The highest BCUT2D eigenvalue weighted by Crippen LogP contribution is 2.25. The number of alkyl halides is 3.